The highest BCUT2D eigenvalue weighted by Gasteiger charge is 2.36. The first kappa shape index (κ1) is 14.5. The number of rotatable bonds is 2. The molecule has 0 spiro atoms. The molecule has 20 heavy (non-hydrogen) atoms. The van der Waals surface area contributed by atoms with Gasteiger partial charge in [-0.15, -0.1) is 0 Å². The standard InChI is InChI=1S/C15H19NO4/c1-15(2,3)20-14(19)12-10-7-5-4-6-9(10)8-11(16-12)13(17)18/h4-7,11-12,16H,8H2,1-3H3,(H,17,18)/t11-,12?/m0/s1. The van der Waals surface area contributed by atoms with Crippen LogP contribution in [0.1, 0.15) is 37.9 Å². The van der Waals surface area contributed by atoms with E-state index >= 15 is 0 Å². The highest BCUT2D eigenvalue weighted by Crippen LogP contribution is 2.27. The summed E-state index contributed by atoms with van der Waals surface area (Å²) in [6.07, 6.45) is 0.366. The fourth-order valence-corrected chi connectivity index (χ4v) is 2.29. The van der Waals surface area contributed by atoms with Crippen LogP contribution in [0.5, 0.6) is 0 Å². The molecule has 0 bridgehead atoms. The number of carbonyl (C=O) groups excluding carboxylic acids is 1. The van der Waals surface area contributed by atoms with Crippen molar-refractivity contribution in [1.29, 1.82) is 0 Å². The number of carbonyl (C=O) groups is 2. The van der Waals surface area contributed by atoms with Crippen molar-refractivity contribution in [3.63, 3.8) is 0 Å². The van der Waals surface area contributed by atoms with Gasteiger partial charge in [0.1, 0.15) is 17.7 Å². The molecule has 1 aliphatic heterocycles. The number of hydrogen-bond donors (Lipinski definition) is 2. The van der Waals surface area contributed by atoms with Gasteiger partial charge in [-0.3, -0.25) is 10.1 Å². The maximum atomic E-state index is 12.3. The summed E-state index contributed by atoms with van der Waals surface area (Å²) in [5.74, 6) is -1.41. The number of benzene rings is 1. The SMILES string of the molecule is CC(C)(C)OC(=O)C1N[C@H](C(=O)O)Cc2ccccc21. The molecule has 2 atom stereocenters. The summed E-state index contributed by atoms with van der Waals surface area (Å²) in [7, 11) is 0. The third kappa shape index (κ3) is 3.17. The summed E-state index contributed by atoms with van der Waals surface area (Å²) in [6.45, 7) is 5.36. The molecule has 2 N–H and O–H groups in total. The van der Waals surface area contributed by atoms with Crippen molar-refractivity contribution in [2.45, 2.75) is 44.9 Å². The van der Waals surface area contributed by atoms with E-state index in [1.807, 2.05) is 24.3 Å². The molecule has 2 rings (SSSR count). The highest BCUT2D eigenvalue weighted by atomic mass is 16.6. The molecule has 1 aliphatic rings. The number of nitrogens with one attached hydrogen (secondary N) is 1. The molecule has 1 unspecified atom stereocenters. The van der Waals surface area contributed by atoms with Crippen molar-refractivity contribution in [3.05, 3.63) is 35.4 Å². The maximum absolute atomic E-state index is 12.3. The molecule has 0 amide bonds. The van der Waals surface area contributed by atoms with Gasteiger partial charge in [0.05, 0.1) is 0 Å². The second-order valence-electron chi connectivity index (χ2n) is 5.93. The minimum Gasteiger partial charge on any atom is -0.480 e. The Morgan fingerprint density at radius 3 is 2.55 bits per heavy atom. The quantitative estimate of drug-likeness (QED) is 0.804. The van der Waals surface area contributed by atoms with Gasteiger partial charge in [-0.25, -0.2) is 4.79 Å². The minimum atomic E-state index is -0.965. The van der Waals surface area contributed by atoms with Crippen molar-refractivity contribution in [1.82, 2.24) is 5.32 Å². The van der Waals surface area contributed by atoms with Crippen molar-refractivity contribution in [2.75, 3.05) is 0 Å². The van der Waals surface area contributed by atoms with Gasteiger partial charge in [-0.2, -0.15) is 0 Å². The van der Waals surface area contributed by atoms with Gasteiger partial charge in [-0.1, -0.05) is 24.3 Å². The number of carboxylic acids is 1. The molecule has 0 aromatic heterocycles. The Labute approximate surface area is 117 Å². The molecule has 0 saturated heterocycles. The second-order valence-corrected chi connectivity index (χ2v) is 5.93. The van der Waals surface area contributed by atoms with Crippen LogP contribution in [-0.2, 0) is 20.7 Å². The summed E-state index contributed by atoms with van der Waals surface area (Å²) in [5, 5.41) is 12.0. The average molecular weight is 277 g/mol. The second kappa shape index (κ2) is 5.25. The predicted molar refractivity (Wildman–Crippen MR) is 73.3 cm³/mol. The normalized spacial score (nSPS) is 21.9. The Kier molecular flexibility index (Phi) is 3.81. The molecule has 1 aromatic rings. The summed E-state index contributed by atoms with van der Waals surface area (Å²) in [4.78, 5) is 23.5. The molecular formula is C15H19NO4. The Balaban J connectivity index is 2.31. The van der Waals surface area contributed by atoms with Crippen molar-refractivity contribution in [2.24, 2.45) is 0 Å². The monoisotopic (exact) mass is 277 g/mol. The fraction of sp³-hybridized carbons (Fsp3) is 0.467. The number of hydrogen-bond acceptors (Lipinski definition) is 4. The van der Waals surface area contributed by atoms with E-state index in [2.05, 4.69) is 5.32 Å². The number of ether oxygens (including phenoxy) is 1. The van der Waals surface area contributed by atoms with Crippen LogP contribution in [0, 0.1) is 0 Å². The molecule has 108 valence electrons. The van der Waals surface area contributed by atoms with Crippen molar-refractivity contribution < 1.29 is 19.4 Å². The van der Waals surface area contributed by atoms with Crippen molar-refractivity contribution >= 4 is 11.9 Å². The number of carboxylic acid groups (broad SMARTS) is 1. The zero-order chi connectivity index (χ0) is 14.9. The molecule has 0 saturated carbocycles. The van der Waals surface area contributed by atoms with E-state index in [1.165, 1.54) is 0 Å². The molecule has 0 fully saturated rings. The highest BCUT2D eigenvalue weighted by molar-refractivity contribution is 5.82. The van der Waals surface area contributed by atoms with E-state index in [0.717, 1.165) is 11.1 Å². The lowest BCUT2D eigenvalue weighted by Crippen LogP contribution is -2.48. The zero-order valence-electron chi connectivity index (χ0n) is 11.8. The average Bonchev–Trinajstić information content (AvgIpc) is 2.35. The number of fused-ring (bicyclic) bond motifs is 1. The third-order valence-electron chi connectivity index (χ3n) is 3.10. The van der Waals surface area contributed by atoms with Crippen LogP contribution < -0.4 is 5.32 Å². The van der Waals surface area contributed by atoms with Gasteiger partial charge in [0, 0.05) is 0 Å². The van der Waals surface area contributed by atoms with Crippen LogP contribution >= 0.6 is 0 Å². The van der Waals surface area contributed by atoms with Crippen LogP contribution in [0.15, 0.2) is 24.3 Å². The molecule has 0 radical (unpaired) electrons. The molecular weight excluding hydrogens is 258 g/mol. The largest absolute Gasteiger partial charge is 0.480 e. The van der Waals surface area contributed by atoms with Gasteiger partial charge in [0.2, 0.25) is 0 Å². The van der Waals surface area contributed by atoms with Crippen LogP contribution in [0.4, 0.5) is 0 Å². The molecule has 5 nitrogen and oxygen atoms in total. The first-order chi connectivity index (χ1) is 9.28. The Hall–Kier alpha value is -1.88. The van der Waals surface area contributed by atoms with E-state index < -0.39 is 29.6 Å². The smallest absolute Gasteiger partial charge is 0.328 e. The summed E-state index contributed by atoms with van der Waals surface area (Å²) in [5.41, 5.74) is 1.05. The van der Waals surface area contributed by atoms with E-state index in [-0.39, 0.29) is 0 Å². The Morgan fingerprint density at radius 1 is 1.30 bits per heavy atom. The van der Waals surface area contributed by atoms with Crippen LogP contribution in [0.25, 0.3) is 0 Å². The van der Waals surface area contributed by atoms with E-state index in [1.54, 1.807) is 20.8 Å². The van der Waals surface area contributed by atoms with Crippen LogP contribution in [-0.4, -0.2) is 28.7 Å². The topological polar surface area (TPSA) is 75.6 Å². The van der Waals surface area contributed by atoms with Crippen LogP contribution in [0.2, 0.25) is 0 Å². The Morgan fingerprint density at radius 2 is 1.95 bits per heavy atom. The molecule has 1 aromatic carbocycles. The summed E-state index contributed by atoms with van der Waals surface area (Å²) < 4.78 is 5.37. The third-order valence-corrected chi connectivity index (χ3v) is 3.10. The lowest BCUT2D eigenvalue weighted by Gasteiger charge is -2.31. The maximum Gasteiger partial charge on any atom is 0.328 e. The minimum absolute atomic E-state index is 0.366. The number of esters is 1. The zero-order valence-corrected chi connectivity index (χ0v) is 11.8. The van der Waals surface area contributed by atoms with Gasteiger partial charge >= 0.3 is 11.9 Å². The first-order valence-electron chi connectivity index (χ1n) is 6.57. The Bertz CT molecular complexity index is 533. The lowest BCUT2D eigenvalue weighted by atomic mass is 9.90. The van der Waals surface area contributed by atoms with Gasteiger partial charge in [0.25, 0.3) is 0 Å². The van der Waals surface area contributed by atoms with Gasteiger partial charge in [0.15, 0.2) is 0 Å². The lowest BCUT2D eigenvalue weighted by molar-refractivity contribution is -0.158. The van der Waals surface area contributed by atoms with E-state index in [4.69, 9.17) is 4.74 Å². The predicted octanol–water partition coefficient (Wildman–Crippen LogP) is 1.67. The summed E-state index contributed by atoms with van der Waals surface area (Å²) >= 11 is 0. The van der Waals surface area contributed by atoms with Gasteiger partial charge in [-0.05, 0) is 38.3 Å². The fourth-order valence-electron chi connectivity index (χ4n) is 2.29. The van der Waals surface area contributed by atoms with E-state index in [0.29, 0.717) is 6.42 Å². The van der Waals surface area contributed by atoms with Gasteiger partial charge < -0.3 is 9.84 Å². The molecule has 5 heteroatoms. The molecule has 0 aliphatic carbocycles. The first-order valence-corrected chi connectivity index (χ1v) is 6.57. The molecule has 1 heterocycles. The van der Waals surface area contributed by atoms with Crippen LogP contribution in [0.3, 0.4) is 0 Å². The van der Waals surface area contributed by atoms with Crippen molar-refractivity contribution in [3.8, 4) is 0 Å². The van der Waals surface area contributed by atoms with E-state index in [9.17, 15) is 14.7 Å². The number of aliphatic carboxylic acids is 1. The summed E-state index contributed by atoms with van der Waals surface area (Å²) in [6, 6.07) is 5.84.